The van der Waals surface area contributed by atoms with Gasteiger partial charge in [0.05, 0.1) is 17.1 Å². The van der Waals surface area contributed by atoms with Gasteiger partial charge in [0.15, 0.2) is 0 Å². The lowest BCUT2D eigenvalue weighted by Crippen LogP contribution is -2.35. The van der Waals surface area contributed by atoms with Crippen molar-refractivity contribution < 1.29 is 4.92 Å². The van der Waals surface area contributed by atoms with E-state index in [2.05, 4.69) is 34.4 Å². The highest BCUT2D eigenvalue weighted by molar-refractivity contribution is 5.54. The minimum atomic E-state index is -0.400. The third-order valence-corrected chi connectivity index (χ3v) is 3.20. The van der Waals surface area contributed by atoms with Crippen molar-refractivity contribution in [3.05, 3.63) is 22.2 Å². The molecule has 7 nitrogen and oxygen atoms in total. The van der Waals surface area contributed by atoms with Crippen molar-refractivity contribution in [1.29, 1.82) is 0 Å². The molecule has 0 aliphatic heterocycles. The van der Waals surface area contributed by atoms with Crippen molar-refractivity contribution >= 4 is 17.3 Å². The normalized spacial score (nSPS) is 12.2. The standard InChI is InChI=1S/C14H25N5O2/c1-5-15-13-8-12(19(20)21)9-14(17-13)16-11(4)10-18(6-2)7-3/h8-9,11H,5-7,10H2,1-4H3,(H2,15,16,17). The maximum atomic E-state index is 11.0. The summed E-state index contributed by atoms with van der Waals surface area (Å²) in [7, 11) is 0. The van der Waals surface area contributed by atoms with Crippen molar-refractivity contribution in [3.63, 3.8) is 0 Å². The molecule has 1 atom stereocenters. The molecule has 0 amide bonds. The van der Waals surface area contributed by atoms with Gasteiger partial charge in [-0.05, 0) is 26.9 Å². The van der Waals surface area contributed by atoms with E-state index < -0.39 is 4.92 Å². The van der Waals surface area contributed by atoms with Gasteiger partial charge in [0.1, 0.15) is 11.6 Å². The zero-order valence-corrected chi connectivity index (χ0v) is 13.2. The van der Waals surface area contributed by atoms with E-state index in [9.17, 15) is 10.1 Å². The Morgan fingerprint density at radius 3 is 2.43 bits per heavy atom. The van der Waals surface area contributed by atoms with E-state index in [0.29, 0.717) is 18.2 Å². The first kappa shape index (κ1) is 17.2. The molecule has 0 aliphatic carbocycles. The average molecular weight is 295 g/mol. The van der Waals surface area contributed by atoms with E-state index in [-0.39, 0.29) is 11.7 Å². The van der Waals surface area contributed by atoms with Crippen LogP contribution in [0.3, 0.4) is 0 Å². The Bertz CT molecular complexity index is 463. The van der Waals surface area contributed by atoms with E-state index >= 15 is 0 Å². The van der Waals surface area contributed by atoms with Crippen LogP contribution in [0.4, 0.5) is 17.3 Å². The summed E-state index contributed by atoms with van der Waals surface area (Å²) in [6.45, 7) is 11.7. The Morgan fingerprint density at radius 1 is 1.29 bits per heavy atom. The molecule has 0 aromatic carbocycles. The summed E-state index contributed by atoms with van der Waals surface area (Å²) in [6.07, 6.45) is 0. The second-order valence-corrected chi connectivity index (χ2v) is 4.91. The van der Waals surface area contributed by atoms with Crippen LogP contribution in [0.5, 0.6) is 0 Å². The second-order valence-electron chi connectivity index (χ2n) is 4.91. The Balaban J connectivity index is 2.83. The van der Waals surface area contributed by atoms with E-state index in [4.69, 9.17) is 0 Å². The lowest BCUT2D eigenvalue weighted by molar-refractivity contribution is -0.384. The molecule has 1 rings (SSSR count). The van der Waals surface area contributed by atoms with E-state index in [1.54, 1.807) is 0 Å². The molecule has 0 fully saturated rings. The van der Waals surface area contributed by atoms with Gasteiger partial charge in [0.25, 0.3) is 5.69 Å². The first-order valence-electron chi connectivity index (χ1n) is 7.39. The molecule has 7 heteroatoms. The molecule has 0 spiro atoms. The van der Waals surface area contributed by atoms with Gasteiger partial charge in [0, 0.05) is 19.1 Å². The minimum absolute atomic E-state index is 0.0403. The largest absolute Gasteiger partial charge is 0.370 e. The predicted molar refractivity (Wildman–Crippen MR) is 85.9 cm³/mol. The van der Waals surface area contributed by atoms with Crippen molar-refractivity contribution in [2.45, 2.75) is 33.7 Å². The molecule has 1 unspecified atom stereocenters. The maximum Gasteiger partial charge on any atom is 0.276 e. The maximum absolute atomic E-state index is 11.0. The number of aromatic nitrogens is 1. The number of rotatable bonds is 9. The van der Waals surface area contributed by atoms with E-state index in [0.717, 1.165) is 19.6 Å². The van der Waals surface area contributed by atoms with E-state index in [1.165, 1.54) is 12.1 Å². The molecule has 21 heavy (non-hydrogen) atoms. The zero-order chi connectivity index (χ0) is 15.8. The third kappa shape index (κ3) is 5.55. The fourth-order valence-electron chi connectivity index (χ4n) is 2.13. The monoisotopic (exact) mass is 295 g/mol. The molecular weight excluding hydrogens is 270 g/mol. The predicted octanol–water partition coefficient (Wildman–Crippen LogP) is 2.56. The summed E-state index contributed by atoms with van der Waals surface area (Å²) >= 11 is 0. The molecular formula is C14H25N5O2. The highest BCUT2D eigenvalue weighted by atomic mass is 16.6. The average Bonchev–Trinajstić information content (AvgIpc) is 2.44. The fourth-order valence-corrected chi connectivity index (χ4v) is 2.13. The van der Waals surface area contributed by atoms with Crippen LogP contribution in [0.25, 0.3) is 0 Å². The van der Waals surface area contributed by atoms with Gasteiger partial charge < -0.3 is 15.5 Å². The minimum Gasteiger partial charge on any atom is -0.370 e. The number of hydrogen-bond acceptors (Lipinski definition) is 6. The summed E-state index contributed by atoms with van der Waals surface area (Å²) in [5.41, 5.74) is 0.0403. The van der Waals surface area contributed by atoms with Crippen LogP contribution in [-0.4, -0.2) is 47.0 Å². The first-order valence-corrected chi connectivity index (χ1v) is 7.39. The Hall–Kier alpha value is -1.89. The molecule has 1 heterocycles. The molecule has 0 saturated carbocycles. The number of pyridine rings is 1. The molecule has 0 aliphatic rings. The summed E-state index contributed by atoms with van der Waals surface area (Å²) in [5.74, 6) is 1.05. The van der Waals surface area contributed by atoms with Gasteiger partial charge >= 0.3 is 0 Å². The van der Waals surface area contributed by atoms with Gasteiger partial charge in [-0.2, -0.15) is 0 Å². The molecule has 0 bridgehead atoms. The summed E-state index contributed by atoms with van der Waals surface area (Å²) in [4.78, 5) is 17.2. The quantitative estimate of drug-likeness (QED) is 0.538. The topological polar surface area (TPSA) is 83.3 Å². The second kappa shape index (κ2) is 8.41. The SMILES string of the molecule is CCNc1cc([N+](=O)[O-])cc(NC(C)CN(CC)CC)n1. The molecule has 2 N–H and O–H groups in total. The van der Waals surface area contributed by atoms with Gasteiger partial charge in [-0.25, -0.2) is 4.98 Å². The van der Waals surface area contributed by atoms with Gasteiger partial charge in [-0.1, -0.05) is 13.8 Å². The molecule has 1 aromatic heterocycles. The number of likely N-dealkylation sites (N-methyl/N-ethyl adjacent to an activating group) is 1. The molecule has 1 aromatic rings. The number of anilines is 2. The van der Waals surface area contributed by atoms with Crippen LogP contribution in [-0.2, 0) is 0 Å². The number of nitro groups is 1. The van der Waals surface area contributed by atoms with Crippen molar-refractivity contribution in [1.82, 2.24) is 9.88 Å². The molecule has 0 saturated heterocycles. The van der Waals surface area contributed by atoms with Crippen LogP contribution in [0.2, 0.25) is 0 Å². The Morgan fingerprint density at radius 2 is 1.90 bits per heavy atom. The Kier molecular flexibility index (Phi) is 6.87. The van der Waals surface area contributed by atoms with Crippen LogP contribution >= 0.6 is 0 Å². The zero-order valence-electron chi connectivity index (χ0n) is 13.2. The fraction of sp³-hybridized carbons (Fsp3) is 0.643. The van der Waals surface area contributed by atoms with E-state index in [1.807, 2.05) is 13.8 Å². The third-order valence-electron chi connectivity index (χ3n) is 3.20. The van der Waals surface area contributed by atoms with Crippen molar-refractivity contribution in [2.24, 2.45) is 0 Å². The first-order chi connectivity index (χ1) is 9.99. The van der Waals surface area contributed by atoms with Crippen LogP contribution in [0.1, 0.15) is 27.7 Å². The highest BCUT2D eigenvalue weighted by Crippen LogP contribution is 2.21. The van der Waals surface area contributed by atoms with Gasteiger partial charge in [-0.15, -0.1) is 0 Å². The number of nitrogens with one attached hydrogen (secondary N) is 2. The van der Waals surface area contributed by atoms with Crippen LogP contribution in [0.15, 0.2) is 12.1 Å². The number of hydrogen-bond donors (Lipinski definition) is 2. The van der Waals surface area contributed by atoms with Crippen molar-refractivity contribution in [2.75, 3.05) is 36.8 Å². The summed E-state index contributed by atoms with van der Waals surface area (Å²) in [6, 6.07) is 3.08. The van der Waals surface area contributed by atoms with Crippen LogP contribution in [0, 0.1) is 10.1 Å². The molecule has 118 valence electrons. The summed E-state index contributed by atoms with van der Waals surface area (Å²) < 4.78 is 0. The summed E-state index contributed by atoms with van der Waals surface area (Å²) in [5, 5.41) is 17.2. The lowest BCUT2D eigenvalue weighted by Gasteiger charge is -2.23. The van der Waals surface area contributed by atoms with Crippen molar-refractivity contribution in [3.8, 4) is 0 Å². The van der Waals surface area contributed by atoms with Gasteiger partial charge in [-0.3, -0.25) is 10.1 Å². The Labute approximate surface area is 125 Å². The van der Waals surface area contributed by atoms with Gasteiger partial charge in [0.2, 0.25) is 0 Å². The smallest absolute Gasteiger partial charge is 0.276 e. The number of nitrogens with zero attached hydrogens (tertiary/aromatic N) is 3. The lowest BCUT2D eigenvalue weighted by atomic mass is 10.3. The highest BCUT2D eigenvalue weighted by Gasteiger charge is 2.13. The molecule has 0 radical (unpaired) electrons. The van der Waals surface area contributed by atoms with Crippen LogP contribution < -0.4 is 10.6 Å².